The first-order valence-electron chi connectivity index (χ1n) is 7.82. The second-order valence-corrected chi connectivity index (χ2v) is 5.51. The highest BCUT2D eigenvalue weighted by molar-refractivity contribution is 5.94. The minimum atomic E-state index is 0.729. The van der Waals surface area contributed by atoms with E-state index in [-0.39, 0.29) is 0 Å². The van der Waals surface area contributed by atoms with Crippen LogP contribution < -0.4 is 4.74 Å². The standard InChI is InChI=1S/C21H16N2O/c1-24-17-12-13-19-18(14-17)20(15-8-4-2-5-9-15)23-21(22-19)16-10-6-3-7-11-16/h2-14H,1H3. The molecule has 0 unspecified atom stereocenters. The smallest absolute Gasteiger partial charge is 0.160 e. The van der Waals surface area contributed by atoms with Crippen molar-refractivity contribution in [1.29, 1.82) is 0 Å². The van der Waals surface area contributed by atoms with E-state index in [4.69, 9.17) is 14.7 Å². The van der Waals surface area contributed by atoms with Gasteiger partial charge < -0.3 is 4.74 Å². The van der Waals surface area contributed by atoms with E-state index >= 15 is 0 Å². The first kappa shape index (κ1) is 14.4. The van der Waals surface area contributed by atoms with E-state index in [0.717, 1.165) is 39.3 Å². The molecular formula is C21H16N2O. The summed E-state index contributed by atoms with van der Waals surface area (Å²) in [7, 11) is 1.67. The van der Waals surface area contributed by atoms with Crippen LogP contribution in [0.1, 0.15) is 0 Å². The van der Waals surface area contributed by atoms with Gasteiger partial charge in [0, 0.05) is 16.5 Å². The van der Waals surface area contributed by atoms with Crippen LogP contribution in [0.3, 0.4) is 0 Å². The summed E-state index contributed by atoms with van der Waals surface area (Å²) >= 11 is 0. The van der Waals surface area contributed by atoms with Gasteiger partial charge >= 0.3 is 0 Å². The first-order chi connectivity index (χ1) is 11.8. The molecular weight excluding hydrogens is 296 g/mol. The molecule has 0 atom stereocenters. The molecule has 3 heteroatoms. The Morgan fingerprint density at radius 1 is 0.708 bits per heavy atom. The van der Waals surface area contributed by atoms with Crippen molar-refractivity contribution in [2.75, 3.05) is 7.11 Å². The quantitative estimate of drug-likeness (QED) is 0.535. The molecule has 116 valence electrons. The highest BCUT2D eigenvalue weighted by atomic mass is 16.5. The minimum Gasteiger partial charge on any atom is -0.497 e. The van der Waals surface area contributed by atoms with Crippen molar-refractivity contribution in [2.24, 2.45) is 0 Å². The minimum absolute atomic E-state index is 0.729. The lowest BCUT2D eigenvalue weighted by Gasteiger charge is -2.10. The van der Waals surface area contributed by atoms with Crippen LogP contribution in [-0.2, 0) is 0 Å². The Morgan fingerprint density at radius 3 is 2.04 bits per heavy atom. The maximum atomic E-state index is 5.37. The summed E-state index contributed by atoms with van der Waals surface area (Å²) in [6.45, 7) is 0. The normalized spacial score (nSPS) is 10.7. The van der Waals surface area contributed by atoms with Crippen molar-refractivity contribution in [3.05, 3.63) is 78.9 Å². The van der Waals surface area contributed by atoms with Gasteiger partial charge in [-0.3, -0.25) is 0 Å². The molecule has 0 saturated heterocycles. The zero-order valence-corrected chi connectivity index (χ0v) is 13.3. The predicted molar refractivity (Wildman–Crippen MR) is 97.0 cm³/mol. The second-order valence-electron chi connectivity index (χ2n) is 5.51. The fraction of sp³-hybridized carbons (Fsp3) is 0.0476. The number of ether oxygens (including phenoxy) is 1. The van der Waals surface area contributed by atoms with E-state index in [0.29, 0.717) is 0 Å². The number of rotatable bonds is 3. The molecule has 0 aliphatic rings. The SMILES string of the molecule is COc1ccc2nc(-c3ccccc3)nc(-c3ccccc3)c2c1. The molecule has 0 amide bonds. The molecule has 4 aromatic rings. The summed E-state index contributed by atoms with van der Waals surface area (Å²) in [6.07, 6.45) is 0. The Bertz CT molecular complexity index is 983. The van der Waals surface area contributed by atoms with E-state index in [1.807, 2.05) is 66.7 Å². The fourth-order valence-electron chi connectivity index (χ4n) is 2.77. The van der Waals surface area contributed by atoms with Crippen molar-refractivity contribution in [3.63, 3.8) is 0 Å². The summed E-state index contributed by atoms with van der Waals surface area (Å²) in [4.78, 5) is 9.59. The number of methoxy groups -OCH3 is 1. The molecule has 0 fully saturated rings. The number of aromatic nitrogens is 2. The van der Waals surface area contributed by atoms with Gasteiger partial charge in [-0.25, -0.2) is 9.97 Å². The molecule has 0 N–H and O–H groups in total. The van der Waals surface area contributed by atoms with Crippen molar-refractivity contribution in [3.8, 4) is 28.4 Å². The molecule has 4 rings (SSSR count). The van der Waals surface area contributed by atoms with Gasteiger partial charge in [0.2, 0.25) is 0 Å². The largest absolute Gasteiger partial charge is 0.497 e. The van der Waals surface area contributed by atoms with Crippen LogP contribution in [-0.4, -0.2) is 17.1 Å². The fourth-order valence-corrected chi connectivity index (χ4v) is 2.77. The van der Waals surface area contributed by atoms with E-state index in [1.54, 1.807) is 7.11 Å². The number of hydrogen-bond donors (Lipinski definition) is 0. The van der Waals surface area contributed by atoms with Gasteiger partial charge in [-0.1, -0.05) is 60.7 Å². The van der Waals surface area contributed by atoms with Gasteiger partial charge in [-0.15, -0.1) is 0 Å². The first-order valence-corrected chi connectivity index (χ1v) is 7.82. The monoisotopic (exact) mass is 312 g/mol. The summed E-state index contributed by atoms with van der Waals surface area (Å²) in [6, 6.07) is 26.1. The number of nitrogens with zero attached hydrogens (tertiary/aromatic N) is 2. The third-order valence-corrected chi connectivity index (χ3v) is 3.98. The van der Waals surface area contributed by atoms with Crippen LogP contribution in [0, 0.1) is 0 Å². The van der Waals surface area contributed by atoms with Gasteiger partial charge in [0.25, 0.3) is 0 Å². The van der Waals surface area contributed by atoms with E-state index < -0.39 is 0 Å². The maximum absolute atomic E-state index is 5.37. The van der Waals surface area contributed by atoms with Crippen LogP contribution in [0.15, 0.2) is 78.9 Å². The van der Waals surface area contributed by atoms with Gasteiger partial charge in [0.1, 0.15) is 5.75 Å². The van der Waals surface area contributed by atoms with Crippen molar-refractivity contribution in [2.45, 2.75) is 0 Å². The molecule has 0 radical (unpaired) electrons. The molecule has 0 saturated carbocycles. The Morgan fingerprint density at radius 2 is 1.38 bits per heavy atom. The van der Waals surface area contributed by atoms with Crippen LogP contribution in [0.4, 0.5) is 0 Å². The number of benzene rings is 3. The summed E-state index contributed by atoms with van der Waals surface area (Å²) in [5.74, 6) is 1.53. The summed E-state index contributed by atoms with van der Waals surface area (Å²) in [5, 5.41) is 0.986. The Kier molecular flexibility index (Phi) is 3.67. The van der Waals surface area contributed by atoms with Crippen molar-refractivity contribution < 1.29 is 4.74 Å². The van der Waals surface area contributed by atoms with Gasteiger partial charge in [0.05, 0.1) is 18.3 Å². The molecule has 1 aromatic heterocycles. The summed E-state index contributed by atoms with van der Waals surface area (Å²) < 4.78 is 5.37. The van der Waals surface area contributed by atoms with E-state index in [2.05, 4.69) is 12.1 Å². The lowest BCUT2D eigenvalue weighted by atomic mass is 10.1. The van der Waals surface area contributed by atoms with Gasteiger partial charge in [-0.05, 0) is 18.2 Å². The average molecular weight is 312 g/mol. The maximum Gasteiger partial charge on any atom is 0.160 e. The molecule has 0 spiro atoms. The molecule has 0 aliphatic heterocycles. The van der Waals surface area contributed by atoms with Crippen molar-refractivity contribution >= 4 is 10.9 Å². The van der Waals surface area contributed by atoms with E-state index in [9.17, 15) is 0 Å². The molecule has 3 nitrogen and oxygen atoms in total. The second kappa shape index (κ2) is 6.13. The number of fused-ring (bicyclic) bond motifs is 1. The topological polar surface area (TPSA) is 35.0 Å². The van der Waals surface area contributed by atoms with Crippen LogP contribution >= 0.6 is 0 Å². The van der Waals surface area contributed by atoms with Crippen LogP contribution in [0.25, 0.3) is 33.5 Å². The van der Waals surface area contributed by atoms with Crippen LogP contribution in [0.2, 0.25) is 0 Å². The van der Waals surface area contributed by atoms with Gasteiger partial charge in [0.15, 0.2) is 5.82 Å². The Hall–Kier alpha value is -3.20. The third-order valence-electron chi connectivity index (χ3n) is 3.98. The van der Waals surface area contributed by atoms with Crippen molar-refractivity contribution in [1.82, 2.24) is 9.97 Å². The lowest BCUT2D eigenvalue weighted by molar-refractivity contribution is 0.415. The van der Waals surface area contributed by atoms with Gasteiger partial charge in [-0.2, -0.15) is 0 Å². The molecule has 3 aromatic carbocycles. The molecule has 1 heterocycles. The molecule has 24 heavy (non-hydrogen) atoms. The Balaban J connectivity index is 2.02. The molecule has 0 bridgehead atoms. The third kappa shape index (κ3) is 2.61. The lowest BCUT2D eigenvalue weighted by Crippen LogP contribution is -1.95. The zero-order chi connectivity index (χ0) is 16.4. The highest BCUT2D eigenvalue weighted by Crippen LogP contribution is 2.31. The highest BCUT2D eigenvalue weighted by Gasteiger charge is 2.12. The zero-order valence-electron chi connectivity index (χ0n) is 13.3. The Labute approximate surface area is 140 Å². The summed E-state index contributed by atoms with van der Waals surface area (Å²) in [5.41, 5.74) is 3.89. The average Bonchev–Trinajstić information content (AvgIpc) is 2.68. The number of hydrogen-bond acceptors (Lipinski definition) is 3. The van der Waals surface area contributed by atoms with E-state index in [1.165, 1.54) is 0 Å². The molecule has 0 aliphatic carbocycles. The van der Waals surface area contributed by atoms with Crippen LogP contribution in [0.5, 0.6) is 5.75 Å². The predicted octanol–water partition coefficient (Wildman–Crippen LogP) is 4.97.